The predicted octanol–water partition coefficient (Wildman–Crippen LogP) is -3.18. The van der Waals surface area contributed by atoms with Crippen LogP contribution in [0.1, 0.15) is 0 Å². The molecule has 78 valence electrons. The lowest BCUT2D eigenvalue weighted by Gasteiger charge is -2.39. The molecule has 5 atom stereocenters. The minimum atomic E-state index is -1.40. The van der Waals surface area contributed by atoms with Gasteiger partial charge in [-0.25, -0.2) is 0 Å². The maximum absolute atomic E-state index is 9.25. The molecule has 6 heteroatoms. The Morgan fingerprint density at radius 1 is 0.769 bits per heavy atom. The van der Waals surface area contributed by atoms with Crippen LogP contribution in [0.25, 0.3) is 0 Å². The third kappa shape index (κ3) is 1.98. The molecule has 0 aromatic rings. The third-order valence-electron chi connectivity index (χ3n) is 2.17. The largest absolute Gasteiger partial charge is 0.394 e. The first-order valence-corrected chi connectivity index (χ1v) is 4.03. The van der Waals surface area contributed by atoms with Crippen molar-refractivity contribution in [2.24, 2.45) is 0 Å². The standard InChI is InChI=1S/C7H14O6/c8-1-3-5(10)7(12)6(11)4(2-9)13-3/h3-12H,1-2H2/t3-,4?,5?,6+,7-/m0/s1. The molecule has 0 saturated carbocycles. The number of hydrogen-bond acceptors (Lipinski definition) is 6. The van der Waals surface area contributed by atoms with Crippen LogP contribution in [0.4, 0.5) is 0 Å². The second-order valence-corrected chi connectivity index (χ2v) is 3.05. The van der Waals surface area contributed by atoms with E-state index in [-0.39, 0.29) is 0 Å². The van der Waals surface area contributed by atoms with Gasteiger partial charge in [0.15, 0.2) is 0 Å². The predicted molar refractivity (Wildman–Crippen MR) is 40.9 cm³/mol. The Bertz CT molecular complexity index is 143. The van der Waals surface area contributed by atoms with Crippen LogP contribution in [0.15, 0.2) is 0 Å². The molecular formula is C7H14O6. The van der Waals surface area contributed by atoms with Crippen LogP contribution in [0.3, 0.4) is 0 Å². The Balaban J connectivity index is 2.66. The SMILES string of the molecule is OCC1O[C@@H](CO)C(O)[C@H](O)[C@@H]1O. The van der Waals surface area contributed by atoms with Crippen LogP contribution < -0.4 is 0 Å². The van der Waals surface area contributed by atoms with E-state index in [0.29, 0.717) is 0 Å². The van der Waals surface area contributed by atoms with E-state index >= 15 is 0 Å². The highest BCUT2D eigenvalue weighted by atomic mass is 16.6. The van der Waals surface area contributed by atoms with E-state index in [0.717, 1.165) is 0 Å². The van der Waals surface area contributed by atoms with E-state index in [1.807, 2.05) is 0 Å². The summed E-state index contributed by atoms with van der Waals surface area (Å²) in [5.41, 5.74) is 0. The number of aliphatic hydroxyl groups is 5. The molecule has 1 fully saturated rings. The molecule has 0 aromatic heterocycles. The summed E-state index contributed by atoms with van der Waals surface area (Å²) in [4.78, 5) is 0. The third-order valence-corrected chi connectivity index (χ3v) is 2.17. The summed E-state index contributed by atoms with van der Waals surface area (Å²) < 4.78 is 4.92. The zero-order valence-electron chi connectivity index (χ0n) is 6.95. The topological polar surface area (TPSA) is 110 Å². The number of rotatable bonds is 2. The summed E-state index contributed by atoms with van der Waals surface area (Å²) in [6.07, 6.45) is -5.99. The van der Waals surface area contributed by atoms with Crippen molar-refractivity contribution >= 4 is 0 Å². The Kier molecular flexibility index (Phi) is 3.60. The highest BCUT2D eigenvalue weighted by molar-refractivity contribution is 4.91. The van der Waals surface area contributed by atoms with E-state index in [1.54, 1.807) is 0 Å². The van der Waals surface area contributed by atoms with Crippen molar-refractivity contribution in [2.75, 3.05) is 13.2 Å². The van der Waals surface area contributed by atoms with Crippen molar-refractivity contribution in [1.29, 1.82) is 0 Å². The fraction of sp³-hybridized carbons (Fsp3) is 1.00. The second-order valence-electron chi connectivity index (χ2n) is 3.05. The van der Waals surface area contributed by atoms with Gasteiger partial charge in [-0.05, 0) is 0 Å². The monoisotopic (exact) mass is 194 g/mol. The zero-order chi connectivity index (χ0) is 10.0. The van der Waals surface area contributed by atoms with Gasteiger partial charge in [-0.2, -0.15) is 0 Å². The van der Waals surface area contributed by atoms with Gasteiger partial charge in [0.05, 0.1) is 13.2 Å². The van der Waals surface area contributed by atoms with Gasteiger partial charge in [0, 0.05) is 0 Å². The maximum atomic E-state index is 9.25. The minimum absolute atomic E-state index is 0.471. The fourth-order valence-electron chi connectivity index (χ4n) is 1.33. The lowest BCUT2D eigenvalue weighted by molar-refractivity contribution is -0.235. The second kappa shape index (κ2) is 4.32. The van der Waals surface area contributed by atoms with Gasteiger partial charge in [0.2, 0.25) is 0 Å². The van der Waals surface area contributed by atoms with Gasteiger partial charge >= 0.3 is 0 Å². The quantitative estimate of drug-likeness (QED) is 0.317. The van der Waals surface area contributed by atoms with E-state index < -0.39 is 43.7 Å². The van der Waals surface area contributed by atoms with Crippen molar-refractivity contribution in [1.82, 2.24) is 0 Å². The summed E-state index contributed by atoms with van der Waals surface area (Å²) in [7, 11) is 0. The molecule has 1 rings (SSSR count). The Hall–Kier alpha value is -0.240. The van der Waals surface area contributed by atoms with Crippen LogP contribution in [0, 0.1) is 0 Å². The Morgan fingerprint density at radius 2 is 1.15 bits per heavy atom. The van der Waals surface area contributed by atoms with Crippen molar-refractivity contribution in [3.63, 3.8) is 0 Å². The highest BCUT2D eigenvalue weighted by Gasteiger charge is 2.42. The van der Waals surface area contributed by atoms with Crippen LogP contribution >= 0.6 is 0 Å². The van der Waals surface area contributed by atoms with Crippen LogP contribution in [-0.4, -0.2) is 69.3 Å². The van der Waals surface area contributed by atoms with Crippen molar-refractivity contribution in [3.05, 3.63) is 0 Å². The molecule has 0 aromatic carbocycles. The molecule has 5 N–H and O–H groups in total. The summed E-state index contributed by atoms with van der Waals surface area (Å²) in [6, 6.07) is 0. The van der Waals surface area contributed by atoms with Crippen LogP contribution in [0.2, 0.25) is 0 Å². The first-order valence-electron chi connectivity index (χ1n) is 4.03. The molecular weight excluding hydrogens is 180 g/mol. The summed E-state index contributed by atoms with van der Waals surface area (Å²) in [5, 5.41) is 45.2. The number of hydrogen-bond donors (Lipinski definition) is 5. The molecule has 0 amide bonds. The van der Waals surface area contributed by atoms with E-state index in [4.69, 9.17) is 14.9 Å². The van der Waals surface area contributed by atoms with Gasteiger partial charge < -0.3 is 30.3 Å². The smallest absolute Gasteiger partial charge is 0.111 e. The molecule has 0 radical (unpaired) electrons. The molecule has 1 aliphatic heterocycles. The number of aliphatic hydroxyl groups excluding tert-OH is 5. The first-order chi connectivity index (χ1) is 6.11. The Labute approximate surface area is 75.0 Å². The molecule has 13 heavy (non-hydrogen) atoms. The lowest BCUT2D eigenvalue weighted by atomic mass is 9.95. The van der Waals surface area contributed by atoms with Crippen molar-refractivity contribution < 1.29 is 30.3 Å². The van der Waals surface area contributed by atoms with Crippen molar-refractivity contribution in [3.8, 4) is 0 Å². The maximum Gasteiger partial charge on any atom is 0.111 e. The molecule has 1 aliphatic rings. The van der Waals surface area contributed by atoms with Gasteiger partial charge in [-0.1, -0.05) is 0 Å². The molecule has 0 spiro atoms. The molecule has 2 unspecified atom stereocenters. The molecule has 0 bridgehead atoms. The minimum Gasteiger partial charge on any atom is -0.394 e. The number of ether oxygens (including phenoxy) is 1. The summed E-state index contributed by atoms with van der Waals surface area (Å²) in [6.45, 7) is -0.942. The average Bonchev–Trinajstić information content (AvgIpc) is 2.15. The molecule has 6 nitrogen and oxygen atoms in total. The average molecular weight is 194 g/mol. The van der Waals surface area contributed by atoms with E-state index in [1.165, 1.54) is 0 Å². The summed E-state index contributed by atoms with van der Waals surface area (Å²) >= 11 is 0. The molecule has 1 heterocycles. The lowest BCUT2D eigenvalue weighted by Crippen LogP contribution is -2.59. The molecule has 0 aliphatic carbocycles. The van der Waals surface area contributed by atoms with Gasteiger partial charge in [0.25, 0.3) is 0 Å². The van der Waals surface area contributed by atoms with Crippen LogP contribution in [-0.2, 0) is 4.74 Å². The van der Waals surface area contributed by atoms with E-state index in [2.05, 4.69) is 0 Å². The van der Waals surface area contributed by atoms with Gasteiger partial charge in [-0.15, -0.1) is 0 Å². The normalized spacial score (nSPS) is 46.4. The summed E-state index contributed by atoms with van der Waals surface area (Å²) in [5.74, 6) is 0. The first kappa shape index (κ1) is 10.8. The van der Waals surface area contributed by atoms with Crippen LogP contribution in [0.5, 0.6) is 0 Å². The van der Waals surface area contributed by atoms with Gasteiger partial charge in [-0.3, -0.25) is 0 Å². The zero-order valence-corrected chi connectivity index (χ0v) is 6.95. The van der Waals surface area contributed by atoms with E-state index in [9.17, 15) is 15.3 Å². The van der Waals surface area contributed by atoms with Crippen molar-refractivity contribution in [2.45, 2.75) is 30.5 Å². The Morgan fingerprint density at radius 3 is 1.46 bits per heavy atom. The van der Waals surface area contributed by atoms with Gasteiger partial charge in [0.1, 0.15) is 30.5 Å². The highest BCUT2D eigenvalue weighted by Crippen LogP contribution is 2.20. The fourth-order valence-corrected chi connectivity index (χ4v) is 1.33. The molecule has 1 saturated heterocycles.